The predicted molar refractivity (Wildman–Crippen MR) is 130 cm³/mol. The number of carbonyl (C=O) groups is 4. The molecule has 4 N–H and O–H groups in total. The van der Waals surface area contributed by atoms with Gasteiger partial charge in [-0.05, 0) is 28.5 Å². The normalized spacial score (nSPS) is 11.5. The van der Waals surface area contributed by atoms with Crippen LogP contribution in [0.4, 0.5) is 5.13 Å². The number of fused-ring (bicyclic) bond motifs is 1. The number of rotatable bonds is 8. The van der Waals surface area contributed by atoms with Crippen molar-refractivity contribution in [2.24, 2.45) is 5.73 Å². The maximum absolute atomic E-state index is 12.7. The van der Waals surface area contributed by atoms with E-state index in [1.807, 2.05) is 36.4 Å². The van der Waals surface area contributed by atoms with Crippen LogP contribution >= 0.6 is 11.3 Å². The number of benzene rings is 3. The fourth-order valence-electron chi connectivity index (χ4n) is 3.40. The minimum absolute atomic E-state index is 0.00847. The highest BCUT2D eigenvalue weighted by Crippen LogP contribution is 2.19. The van der Waals surface area contributed by atoms with Crippen LogP contribution in [0.3, 0.4) is 0 Å². The summed E-state index contributed by atoms with van der Waals surface area (Å²) in [6, 6.07) is 20.8. The minimum atomic E-state index is -1.14. The second-order valence-electron chi connectivity index (χ2n) is 7.50. The Labute approximate surface area is 198 Å². The summed E-state index contributed by atoms with van der Waals surface area (Å²) < 4.78 is 0. The number of nitrogens with one attached hydrogen (secondary N) is 2. The van der Waals surface area contributed by atoms with Gasteiger partial charge in [-0.25, -0.2) is 4.98 Å². The molecule has 1 heterocycles. The monoisotopic (exact) mass is 472 g/mol. The maximum Gasteiger partial charge on any atom is 0.287 e. The van der Waals surface area contributed by atoms with E-state index in [4.69, 9.17) is 5.73 Å². The van der Waals surface area contributed by atoms with E-state index in [9.17, 15) is 19.2 Å². The highest BCUT2D eigenvalue weighted by Gasteiger charge is 2.26. The van der Waals surface area contributed by atoms with Crippen LogP contribution in [0.25, 0.3) is 10.8 Å². The van der Waals surface area contributed by atoms with Gasteiger partial charge >= 0.3 is 0 Å². The highest BCUT2D eigenvalue weighted by molar-refractivity contribution is 7.14. The van der Waals surface area contributed by atoms with E-state index < -0.39 is 23.6 Å². The molecule has 3 aromatic carbocycles. The molecule has 8 nitrogen and oxygen atoms in total. The molecule has 0 fully saturated rings. The van der Waals surface area contributed by atoms with Crippen LogP contribution in [0.15, 0.2) is 78.2 Å². The summed E-state index contributed by atoms with van der Waals surface area (Å²) in [5.74, 6) is -3.06. The number of amides is 3. The van der Waals surface area contributed by atoms with Crippen molar-refractivity contribution in [1.29, 1.82) is 0 Å². The third-order valence-corrected chi connectivity index (χ3v) is 5.87. The first-order valence-corrected chi connectivity index (χ1v) is 11.2. The maximum atomic E-state index is 12.7. The van der Waals surface area contributed by atoms with Gasteiger partial charge in [0.1, 0.15) is 11.7 Å². The number of primary amides is 1. The Bertz CT molecular complexity index is 1380. The zero-order valence-corrected chi connectivity index (χ0v) is 18.7. The number of thiazole rings is 1. The fraction of sp³-hybridized carbons (Fsp3) is 0.0800. The number of hydrogen-bond donors (Lipinski definition) is 3. The summed E-state index contributed by atoms with van der Waals surface area (Å²) >= 11 is 1.07. The Morgan fingerprint density at radius 3 is 2.32 bits per heavy atom. The van der Waals surface area contributed by atoms with Crippen molar-refractivity contribution in [3.05, 3.63) is 95.0 Å². The van der Waals surface area contributed by atoms with E-state index in [0.717, 1.165) is 27.7 Å². The van der Waals surface area contributed by atoms with E-state index in [-0.39, 0.29) is 23.2 Å². The molecular formula is C25H20N4O4S. The van der Waals surface area contributed by atoms with Crippen molar-refractivity contribution in [1.82, 2.24) is 10.3 Å². The van der Waals surface area contributed by atoms with Crippen molar-refractivity contribution < 1.29 is 19.2 Å². The smallest absolute Gasteiger partial charge is 0.287 e. The zero-order chi connectivity index (χ0) is 24.1. The van der Waals surface area contributed by atoms with Gasteiger partial charge < -0.3 is 11.1 Å². The molecule has 0 bridgehead atoms. The van der Waals surface area contributed by atoms with Gasteiger partial charge in [0.2, 0.25) is 5.78 Å². The number of nitrogens with two attached hydrogens (primary N) is 1. The number of nitrogens with zero attached hydrogens (tertiary/aromatic N) is 1. The number of anilines is 1. The van der Waals surface area contributed by atoms with E-state index in [2.05, 4.69) is 15.6 Å². The number of carbonyl (C=O) groups excluding carboxylic acids is 4. The van der Waals surface area contributed by atoms with Crippen molar-refractivity contribution in [3.63, 3.8) is 0 Å². The number of ketones is 1. The average Bonchev–Trinajstić information content (AvgIpc) is 3.32. The van der Waals surface area contributed by atoms with Gasteiger partial charge in [-0.1, -0.05) is 60.7 Å². The van der Waals surface area contributed by atoms with Crippen molar-refractivity contribution >= 4 is 50.7 Å². The lowest BCUT2D eigenvalue weighted by Gasteiger charge is -2.15. The number of hydrogen-bond acceptors (Lipinski definition) is 6. The second-order valence-corrected chi connectivity index (χ2v) is 8.36. The lowest BCUT2D eigenvalue weighted by Crippen LogP contribution is -2.47. The minimum Gasteiger partial charge on any atom is -0.363 e. The lowest BCUT2D eigenvalue weighted by atomic mass is 10.0. The summed E-state index contributed by atoms with van der Waals surface area (Å²) in [5, 5.41) is 8.83. The third-order valence-electron chi connectivity index (χ3n) is 5.12. The van der Waals surface area contributed by atoms with Crippen LogP contribution < -0.4 is 16.4 Å². The molecule has 0 radical (unpaired) electrons. The molecule has 0 aliphatic rings. The molecule has 0 unspecified atom stereocenters. The summed E-state index contributed by atoms with van der Waals surface area (Å²) in [7, 11) is 0. The first-order chi connectivity index (χ1) is 16.4. The Morgan fingerprint density at radius 1 is 0.882 bits per heavy atom. The standard InChI is InChI=1S/C25H20N4O4S/c26-22(31)21(30)19(12-15-6-2-1-3-7-15)27-24(33)20-14-34-25(28-20)29-23(32)18-11-10-16-8-4-5-9-17(16)13-18/h1-11,13-14,19H,12H2,(H2,26,31)(H,27,33)(H,28,29,32)/t19-/m0/s1. The van der Waals surface area contributed by atoms with Crippen LogP contribution in [0.2, 0.25) is 0 Å². The van der Waals surface area contributed by atoms with Crippen molar-refractivity contribution in [2.75, 3.05) is 5.32 Å². The molecule has 0 saturated carbocycles. The molecule has 1 atom stereocenters. The van der Waals surface area contributed by atoms with Gasteiger partial charge in [0.25, 0.3) is 17.7 Å². The lowest BCUT2D eigenvalue weighted by molar-refractivity contribution is -0.137. The van der Waals surface area contributed by atoms with E-state index in [1.54, 1.807) is 36.4 Å². The van der Waals surface area contributed by atoms with Crippen LogP contribution in [-0.2, 0) is 16.0 Å². The molecular weight excluding hydrogens is 452 g/mol. The van der Waals surface area contributed by atoms with Gasteiger partial charge in [0.15, 0.2) is 5.13 Å². The molecule has 0 aliphatic carbocycles. The van der Waals surface area contributed by atoms with Crippen LogP contribution in [0.1, 0.15) is 26.4 Å². The Hall–Kier alpha value is -4.37. The predicted octanol–water partition coefficient (Wildman–Crippen LogP) is 2.94. The Kier molecular flexibility index (Phi) is 6.74. The van der Waals surface area contributed by atoms with Gasteiger partial charge in [-0.3, -0.25) is 24.5 Å². The van der Waals surface area contributed by atoms with Crippen LogP contribution in [0.5, 0.6) is 0 Å². The Balaban J connectivity index is 1.45. The number of Topliss-reactive ketones (excluding diaryl/α,β-unsaturated/α-hetero) is 1. The zero-order valence-electron chi connectivity index (χ0n) is 17.9. The molecule has 4 rings (SSSR count). The quantitative estimate of drug-likeness (QED) is 0.339. The highest BCUT2D eigenvalue weighted by atomic mass is 32.1. The van der Waals surface area contributed by atoms with Gasteiger partial charge in [-0.15, -0.1) is 11.3 Å². The second kappa shape index (κ2) is 10.1. The van der Waals surface area contributed by atoms with Crippen LogP contribution in [0, 0.1) is 0 Å². The van der Waals surface area contributed by atoms with Gasteiger partial charge in [0, 0.05) is 17.4 Å². The van der Waals surface area contributed by atoms with E-state index >= 15 is 0 Å². The Morgan fingerprint density at radius 2 is 1.59 bits per heavy atom. The molecule has 9 heteroatoms. The van der Waals surface area contributed by atoms with E-state index in [1.165, 1.54) is 5.38 Å². The molecule has 3 amide bonds. The summed E-state index contributed by atoms with van der Waals surface area (Å²) in [4.78, 5) is 53.2. The molecule has 0 saturated heterocycles. The molecule has 34 heavy (non-hydrogen) atoms. The van der Waals surface area contributed by atoms with Gasteiger partial charge in [-0.2, -0.15) is 0 Å². The van der Waals surface area contributed by atoms with Crippen LogP contribution in [-0.4, -0.2) is 34.5 Å². The molecule has 0 aliphatic heterocycles. The molecule has 4 aromatic rings. The first-order valence-electron chi connectivity index (χ1n) is 10.3. The molecule has 0 spiro atoms. The summed E-state index contributed by atoms with van der Waals surface area (Å²) in [6.07, 6.45) is 0.101. The van der Waals surface area contributed by atoms with Crippen molar-refractivity contribution in [2.45, 2.75) is 12.5 Å². The first kappa shape index (κ1) is 22.8. The SMILES string of the molecule is NC(=O)C(=O)[C@H](Cc1ccccc1)NC(=O)c1csc(NC(=O)c2ccc3ccccc3c2)n1. The van der Waals surface area contributed by atoms with E-state index in [0.29, 0.717) is 5.56 Å². The summed E-state index contributed by atoms with van der Waals surface area (Å²) in [5.41, 5.74) is 6.37. The third kappa shape index (κ3) is 5.33. The molecule has 170 valence electrons. The fourth-order valence-corrected chi connectivity index (χ4v) is 4.08. The van der Waals surface area contributed by atoms with Crippen molar-refractivity contribution in [3.8, 4) is 0 Å². The average molecular weight is 473 g/mol. The topological polar surface area (TPSA) is 131 Å². The largest absolute Gasteiger partial charge is 0.363 e. The molecule has 1 aromatic heterocycles. The van der Waals surface area contributed by atoms with Gasteiger partial charge in [0.05, 0.1) is 0 Å². The number of aromatic nitrogens is 1. The summed E-state index contributed by atoms with van der Waals surface area (Å²) in [6.45, 7) is 0.